The highest BCUT2D eigenvalue weighted by molar-refractivity contribution is 5.98. The zero-order chi connectivity index (χ0) is 23.8. The number of aliphatic hydroxyl groups is 1. The molecule has 1 saturated heterocycles. The SMILES string of the molecule is CC(C)(O)c1cc(Nc2cc(OC3(C4CC4)CN(C=O)N=C3C3CCOCC3)ccn2)ccn1. The first-order valence-corrected chi connectivity index (χ1v) is 11.9. The predicted octanol–water partition coefficient (Wildman–Crippen LogP) is 3.23. The van der Waals surface area contributed by atoms with E-state index >= 15 is 0 Å². The van der Waals surface area contributed by atoms with Crippen molar-refractivity contribution in [2.75, 3.05) is 25.1 Å². The van der Waals surface area contributed by atoms with Crippen LogP contribution < -0.4 is 10.1 Å². The minimum atomic E-state index is -1.04. The molecule has 34 heavy (non-hydrogen) atoms. The second-order valence-electron chi connectivity index (χ2n) is 9.83. The van der Waals surface area contributed by atoms with Gasteiger partial charge in [-0.1, -0.05) is 0 Å². The molecular formula is C25H31N5O4. The van der Waals surface area contributed by atoms with Crippen LogP contribution in [0, 0.1) is 11.8 Å². The van der Waals surface area contributed by atoms with Crippen molar-refractivity contribution >= 4 is 23.6 Å². The Hall–Kier alpha value is -3.04. The lowest BCUT2D eigenvalue weighted by Gasteiger charge is -2.35. The highest BCUT2D eigenvalue weighted by Crippen LogP contribution is 2.48. The lowest BCUT2D eigenvalue weighted by molar-refractivity contribution is -0.119. The molecule has 2 aromatic rings. The highest BCUT2D eigenvalue weighted by atomic mass is 16.5. The molecule has 1 amide bonds. The zero-order valence-electron chi connectivity index (χ0n) is 19.6. The monoisotopic (exact) mass is 465 g/mol. The van der Waals surface area contributed by atoms with E-state index in [4.69, 9.17) is 14.6 Å². The van der Waals surface area contributed by atoms with Crippen LogP contribution in [0.5, 0.6) is 5.75 Å². The Morgan fingerprint density at radius 1 is 1.18 bits per heavy atom. The predicted molar refractivity (Wildman–Crippen MR) is 127 cm³/mol. The molecule has 3 aliphatic rings. The van der Waals surface area contributed by atoms with E-state index in [1.165, 1.54) is 5.01 Å². The summed E-state index contributed by atoms with van der Waals surface area (Å²) in [7, 11) is 0. The number of nitrogens with one attached hydrogen (secondary N) is 1. The summed E-state index contributed by atoms with van der Waals surface area (Å²) in [5.74, 6) is 1.87. The summed E-state index contributed by atoms with van der Waals surface area (Å²) < 4.78 is 12.3. The first kappa shape index (κ1) is 22.7. The second kappa shape index (κ2) is 8.96. The van der Waals surface area contributed by atoms with Gasteiger partial charge >= 0.3 is 0 Å². The quantitative estimate of drug-likeness (QED) is 0.576. The highest BCUT2D eigenvalue weighted by Gasteiger charge is 2.57. The Balaban J connectivity index is 1.40. The van der Waals surface area contributed by atoms with Crippen LogP contribution in [-0.2, 0) is 15.1 Å². The molecular weight excluding hydrogens is 434 g/mol. The van der Waals surface area contributed by atoms with Crippen molar-refractivity contribution in [3.63, 3.8) is 0 Å². The van der Waals surface area contributed by atoms with E-state index in [0.29, 0.717) is 42.9 Å². The van der Waals surface area contributed by atoms with Crippen molar-refractivity contribution in [1.29, 1.82) is 0 Å². The number of hydrazone groups is 1. The third kappa shape index (κ3) is 4.63. The maximum atomic E-state index is 11.7. The molecule has 2 aliphatic heterocycles. The Morgan fingerprint density at radius 3 is 2.65 bits per heavy atom. The molecule has 9 nitrogen and oxygen atoms in total. The van der Waals surface area contributed by atoms with Crippen molar-refractivity contribution in [2.24, 2.45) is 16.9 Å². The number of ether oxygens (including phenoxy) is 2. The summed E-state index contributed by atoms with van der Waals surface area (Å²) in [5.41, 5.74) is 0.646. The van der Waals surface area contributed by atoms with Gasteiger partial charge in [0.05, 0.1) is 18.0 Å². The molecule has 1 unspecified atom stereocenters. The van der Waals surface area contributed by atoms with Crippen LogP contribution >= 0.6 is 0 Å². The van der Waals surface area contributed by atoms with Crippen molar-refractivity contribution in [2.45, 2.75) is 50.7 Å². The van der Waals surface area contributed by atoms with Gasteiger partial charge in [-0.3, -0.25) is 9.78 Å². The maximum Gasteiger partial charge on any atom is 0.230 e. The van der Waals surface area contributed by atoms with Crippen LogP contribution in [0.3, 0.4) is 0 Å². The summed E-state index contributed by atoms with van der Waals surface area (Å²) in [5, 5.41) is 19.7. The van der Waals surface area contributed by atoms with Crippen molar-refractivity contribution in [3.05, 3.63) is 42.4 Å². The lowest BCUT2D eigenvalue weighted by Crippen LogP contribution is -2.52. The van der Waals surface area contributed by atoms with Crippen molar-refractivity contribution < 1.29 is 19.4 Å². The zero-order valence-corrected chi connectivity index (χ0v) is 19.6. The first-order chi connectivity index (χ1) is 16.4. The van der Waals surface area contributed by atoms with Gasteiger partial charge in [-0.2, -0.15) is 5.10 Å². The van der Waals surface area contributed by atoms with E-state index < -0.39 is 11.2 Å². The van der Waals surface area contributed by atoms with E-state index in [9.17, 15) is 9.90 Å². The number of anilines is 2. The molecule has 9 heteroatoms. The molecule has 5 rings (SSSR count). The van der Waals surface area contributed by atoms with E-state index in [0.717, 1.165) is 43.5 Å². The van der Waals surface area contributed by atoms with Crippen molar-refractivity contribution in [1.82, 2.24) is 15.0 Å². The summed E-state index contributed by atoms with van der Waals surface area (Å²) in [6.07, 6.45) is 8.03. The van der Waals surface area contributed by atoms with Crippen LogP contribution in [0.2, 0.25) is 0 Å². The molecule has 1 atom stereocenters. The normalized spacial score (nSPS) is 23.5. The molecule has 180 valence electrons. The number of hydrogen-bond acceptors (Lipinski definition) is 8. The molecule has 0 aromatic carbocycles. The summed E-state index contributed by atoms with van der Waals surface area (Å²) >= 11 is 0. The van der Waals surface area contributed by atoms with E-state index in [1.807, 2.05) is 18.2 Å². The van der Waals surface area contributed by atoms with Gasteiger partial charge in [-0.05, 0) is 57.7 Å². The smallest absolute Gasteiger partial charge is 0.230 e. The Morgan fingerprint density at radius 2 is 1.94 bits per heavy atom. The number of carbonyl (C=O) groups is 1. The fraction of sp³-hybridized carbons (Fsp3) is 0.520. The number of hydrogen-bond donors (Lipinski definition) is 2. The lowest BCUT2D eigenvalue weighted by atomic mass is 9.81. The number of pyridine rings is 2. The van der Waals surface area contributed by atoms with Gasteiger partial charge in [0, 0.05) is 49.2 Å². The van der Waals surface area contributed by atoms with Crippen LogP contribution in [0.1, 0.15) is 45.2 Å². The largest absolute Gasteiger partial charge is 0.479 e. The fourth-order valence-corrected chi connectivity index (χ4v) is 4.84. The second-order valence-corrected chi connectivity index (χ2v) is 9.83. The van der Waals surface area contributed by atoms with Crippen LogP contribution in [-0.4, -0.2) is 57.6 Å². The Kier molecular flexibility index (Phi) is 5.99. The number of amides is 1. The van der Waals surface area contributed by atoms with E-state index in [1.54, 1.807) is 32.3 Å². The van der Waals surface area contributed by atoms with E-state index in [2.05, 4.69) is 15.3 Å². The average molecular weight is 466 g/mol. The molecule has 1 aliphatic carbocycles. The Labute approximate surface area is 199 Å². The van der Waals surface area contributed by atoms with Crippen LogP contribution in [0.25, 0.3) is 0 Å². The Bertz CT molecular complexity index is 1070. The van der Waals surface area contributed by atoms with Gasteiger partial charge in [0.25, 0.3) is 0 Å². The fourth-order valence-electron chi connectivity index (χ4n) is 4.84. The number of nitrogens with zero attached hydrogens (tertiary/aromatic N) is 4. The third-order valence-electron chi connectivity index (χ3n) is 6.72. The minimum absolute atomic E-state index is 0.246. The molecule has 2 N–H and O–H groups in total. The summed E-state index contributed by atoms with van der Waals surface area (Å²) in [6.45, 7) is 5.23. The van der Waals surface area contributed by atoms with Crippen LogP contribution in [0.15, 0.2) is 41.8 Å². The third-order valence-corrected chi connectivity index (χ3v) is 6.72. The van der Waals surface area contributed by atoms with Gasteiger partial charge < -0.3 is 19.9 Å². The average Bonchev–Trinajstić information content (AvgIpc) is 3.62. The van der Waals surface area contributed by atoms with Crippen molar-refractivity contribution in [3.8, 4) is 5.75 Å². The summed E-state index contributed by atoms with van der Waals surface area (Å²) in [4.78, 5) is 20.4. The first-order valence-electron chi connectivity index (χ1n) is 11.9. The number of aromatic nitrogens is 2. The number of rotatable bonds is 8. The maximum absolute atomic E-state index is 11.7. The molecule has 0 bridgehead atoms. The molecule has 2 fully saturated rings. The van der Waals surface area contributed by atoms with E-state index in [-0.39, 0.29) is 5.92 Å². The number of carbonyl (C=O) groups excluding carboxylic acids is 1. The van der Waals surface area contributed by atoms with Gasteiger partial charge in [-0.25, -0.2) is 9.99 Å². The van der Waals surface area contributed by atoms with Gasteiger partial charge in [0.1, 0.15) is 17.2 Å². The molecule has 2 aromatic heterocycles. The van der Waals surface area contributed by atoms with Gasteiger partial charge in [-0.15, -0.1) is 0 Å². The molecule has 4 heterocycles. The van der Waals surface area contributed by atoms with Crippen LogP contribution in [0.4, 0.5) is 11.5 Å². The topological polar surface area (TPSA) is 109 Å². The molecule has 0 radical (unpaired) electrons. The molecule has 0 spiro atoms. The standard InChI is InChI=1S/C25H31N5O4/c1-24(2,32)21-13-19(5-9-26-21)28-22-14-20(6-10-27-22)34-25(18-3-4-18)15-30(16-31)29-23(25)17-7-11-33-12-8-17/h5-6,9-10,13-14,16-18,32H,3-4,7-8,11-12,15H2,1-2H3,(H,26,27,28). The minimum Gasteiger partial charge on any atom is -0.479 e. The molecule has 1 saturated carbocycles. The van der Waals surface area contributed by atoms with Gasteiger partial charge in [0.2, 0.25) is 6.41 Å². The summed E-state index contributed by atoms with van der Waals surface area (Å²) in [6, 6.07) is 7.33. The van der Waals surface area contributed by atoms with Gasteiger partial charge in [0.15, 0.2) is 5.60 Å².